The minimum absolute atomic E-state index is 0.344. The van der Waals surface area contributed by atoms with Crippen molar-refractivity contribution in [3.8, 4) is 0 Å². The van der Waals surface area contributed by atoms with Crippen molar-refractivity contribution < 1.29 is 27.1 Å². The predicted octanol–water partition coefficient (Wildman–Crippen LogP) is 0.346. The molecule has 0 saturated carbocycles. The van der Waals surface area contributed by atoms with E-state index in [1.165, 1.54) is 0 Å². The van der Waals surface area contributed by atoms with Gasteiger partial charge in [0.15, 0.2) is 0 Å². The van der Waals surface area contributed by atoms with Crippen LogP contribution in [0.3, 0.4) is 0 Å². The lowest BCUT2D eigenvalue weighted by atomic mass is 10.3. The molecule has 0 bridgehead atoms. The first kappa shape index (κ1) is 10.2. The van der Waals surface area contributed by atoms with Crippen molar-refractivity contribution in [1.29, 1.82) is 0 Å². The first-order valence-electron chi connectivity index (χ1n) is 2.36. The zero-order valence-electron chi connectivity index (χ0n) is 5.41. The predicted molar refractivity (Wildman–Crippen MR) is 26.1 cm³/mol. The Morgan fingerprint density at radius 1 is 1.36 bits per heavy atom. The molecule has 0 aliphatic heterocycles. The summed E-state index contributed by atoms with van der Waals surface area (Å²) in [4.78, 5) is 9.74. The molecule has 1 amide bonds. The molecule has 2 N–H and O–H groups in total. The van der Waals surface area contributed by atoms with E-state index in [4.69, 9.17) is 0 Å². The monoisotopic (exact) mass is 175 g/mol. The van der Waals surface area contributed by atoms with Crippen molar-refractivity contribution in [3.05, 3.63) is 0 Å². The fraction of sp³-hybridized carbons (Fsp3) is 0.750. The fourth-order valence-corrected chi connectivity index (χ4v) is 0.272. The Hall–Kier alpha value is -0.850. The molecule has 0 aliphatic rings. The molecular weight excluding hydrogens is 170 g/mol. The Kier molecular flexibility index (Phi) is 2.44. The third-order valence-corrected chi connectivity index (χ3v) is 0.931. The van der Waals surface area contributed by atoms with Gasteiger partial charge < -0.3 is 10.5 Å². The topological polar surface area (TPSA) is 52.3 Å². The van der Waals surface area contributed by atoms with Crippen LogP contribution in [0.4, 0.5) is 17.6 Å². The molecule has 11 heavy (non-hydrogen) atoms. The van der Waals surface area contributed by atoms with Crippen LogP contribution in [0.25, 0.3) is 0 Å². The van der Waals surface area contributed by atoms with Crippen molar-refractivity contribution in [3.63, 3.8) is 0 Å². The van der Waals surface area contributed by atoms with Gasteiger partial charge in [0, 0.05) is 7.11 Å². The van der Waals surface area contributed by atoms with Crippen LogP contribution in [0, 0.1) is 0 Å². The Labute approximate surface area is 59.1 Å². The lowest BCUT2D eigenvalue weighted by molar-refractivity contribution is -0.322. The number of carbonyl (C=O) groups excluding carboxylic acids is 1. The van der Waals surface area contributed by atoms with Crippen molar-refractivity contribution in [1.82, 2.24) is 0 Å². The molecule has 0 aliphatic carbocycles. The van der Waals surface area contributed by atoms with E-state index in [9.17, 15) is 22.4 Å². The van der Waals surface area contributed by atoms with Crippen LogP contribution in [0.1, 0.15) is 0 Å². The Morgan fingerprint density at radius 2 is 1.73 bits per heavy atom. The summed E-state index contributed by atoms with van der Waals surface area (Å²) in [5.41, 5.74) is 3.98. The zero-order valence-corrected chi connectivity index (χ0v) is 5.41. The number of hydrogen-bond donors (Lipinski definition) is 1. The number of methoxy groups -OCH3 is 1. The maximum Gasteiger partial charge on any atom is 0.428 e. The first-order chi connectivity index (χ1) is 4.75. The highest BCUT2D eigenvalue weighted by atomic mass is 19.3. The van der Waals surface area contributed by atoms with E-state index in [1.807, 2.05) is 0 Å². The third-order valence-electron chi connectivity index (χ3n) is 0.931. The van der Waals surface area contributed by atoms with Gasteiger partial charge in [-0.2, -0.15) is 17.6 Å². The second-order valence-corrected chi connectivity index (χ2v) is 1.66. The van der Waals surface area contributed by atoms with Crippen LogP contribution in [-0.4, -0.2) is 25.0 Å². The number of carbonyl (C=O) groups is 1. The minimum Gasteiger partial charge on any atom is -0.364 e. The average Bonchev–Trinajstić information content (AvgIpc) is 1.87. The maximum absolute atomic E-state index is 12.0. The van der Waals surface area contributed by atoms with Gasteiger partial charge in [-0.15, -0.1) is 0 Å². The summed E-state index contributed by atoms with van der Waals surface area (Å²) >= 11 is 0. The van der Waals surface area contributed by atoms with Gasteiger partial charge in [0.25, 0.3) is 5.91 Å². The smallest absolute Gasteiger partial charge is 0.364 e. The van der Waals surface area contributed by atoms with Gasteiger partial charge >= 0.3 is 12.0 Å². The van der Waals surface area contributed by atoms with E-state index >= 15 is 0 Å². The Bertz CT molecular complexity index is 169. The summed E-state index contributed by atoms with van der Waals surface area (Å²) in [6, 6.07) is 0. The van der Waals surface area contributed by atoms with Crippen molar-refractivity contribution in [2.24, 2.45) is 5.73 Å². The number of rotatable bonds is 3. The van der Waals surface area contributed by atoms with Gasteiger partial charge in [-0.05, 0) is 0 Å². The van der Waals surface area contributed by atoms with Crippen LogP contribution in [0.2, 0.25) is 0 Å². The van der Waals surface area contributed by atoms with Gasteiger partial charge in [0.1, 0.15) is 0 Å². The number of alkyl halides is 4. The van der Waals surface area contributed by atoms with Crippen LogP contribution in [0.15, 0.2) is 0 Å². The highest BCUT2D eigenvalue weighted by molar-refractivity contribution is 5.82. The van der Waals surface area contributed by atoms with Crippen LogP contribution < -0.4 is 5.73 Å². The zero-order chi connectivity index (χ0) is 9.28. The van der Waals surface area contributed by atoms with Gasteiger partial charge in [-0.1, -0.05) is 0 Å². The molecule has 7 heteroatoms. The SMILES string of the molecule is COC(F)(F)C(F)(F)C(N)=O. The quantitative estimate of drug-likeness (QED) is 0.629. The normalized spacial score (nSPS) is 13.2. The van der Waals surface area contributed by atoms with Gasteiger partial charge in [-0.25, -0.2) is 0 Å². The largest absolute Gasteiger partial charge is 0.428 e. The number of nitrogens with two attached hydrogens (primary N) is 1. The molecule has 0 aromatic carbocycles. The molecule has 0 atom stereocenters. The third kappa shape index (κ3) is 1.59. The van der Waals surface area contributed by atoms with Crippen molar-refractivity contribution >= 4 is 5.91 Å². The first-order valence-corrected chi connectivity index (χ1v) is 2.36. The Balaban J connectivity index is 4.67. The molecule has 0 heterocycles. The van der Waals surface area contributed by atoms with Gasteiger partial charge in [0.2, 0.25) is 0 Å². The maximum atomic E-state index is 12.0. The summed E-state index contributed by atoms with van der Waals surface area (Å²) in [6.07, 6.45) is -4.85. The van der Waals surface area contributed by atoms with Crippen molar-refractivity contribution in [2.75, 3.05) is 7.11 Å². The summed E-state index contributed by atoms with van der Waals surface area (Å²) in [6.45, 7) is 0. The molecule has 0 radical (unpaired) electrons. The number of hydrogen-bond acceptors (Lipinski definition) is 2. The molecule has 3 nitrogen and oxygen atoms in total. The number of amides is 1. The Morgan fingerprint density at radius 3 is 1.82 bits per heavy atom. The molecule has 0 unspecified atom stereocenters. The van der Waals surface area contributed by atoms with Gasteiger partial charge in [-0.3, -0.25) is 4.79 Å². The van der Waals surface area contributed by atoms with Crippen LogP contribution in [-0.2, 0) is 9.53 Å². The van der Waals surface area contributed by atoms with Crippen LogP contribution in [0.5, 0.6) is 0 Å². The molecule has 0 spiro atoms. The second-order valence-electron chi connectivity index (χ2n) is 1.66. The van der Waals surface area contributed by atoms with E-state index < -0.39 is 17.9 Å². The lowest BCUT2D eigenvalue weighted by Gasteiger charge is -2.20. The second kappa shape index (κ2) is 2.65. The summed E-state index contributed by atoms with van der Waals surface area (Å²) in [5, 5.41) is 0. The summed E-state index contributed by atoms with van der Waals surface area (Å²) in [5.74, 6) is -7.40. The molecular formula is C4H5F4NO2. The van der Waals surface area contributed by atoms with E-state index in [-0.39, 0.29) is 0 Å². The summed E-state index contributed by atoms with van der Waals surface area (Å²) in [7, 11) is 0.344. The molecule has 0 rings (SSSR count). The number of primary amides is 1. The molecule has 0 aromatic heterocycles. The number of halogens is 4. The summed E-state index contributed by atoms with van der Waals surface area (Å²) < 4.78 is 50.8. The van der Waals surface area contributed by atoms with E-state index in [2.05, 4.69) is 10.5 Å². The van der Waals surface area contributed by atoms with Crippen molar-refractivity contribution in [2.45, 2.75) is 12.0 Å². The average molecular weight is 175 g/mol. The molecule has 0 saturated heterocycles. The van der Waals surface area contributed by atoms with Crippen LogP contribution >= 0.6 is 0 Å². The molecule has 0 fully saturated rings. The van der Waals surface area contributed by atoms with Gasteiger partial charge in [0.05, 0.1) is 0 Å². The van der Waals surface area contributed by atoms with E-state index in [0.29, 0.717) is 7.11 Å². The highest BCUT2D eigenvalue weighted by Crippen LogP contribution is 2.33. The van der Waals surface area contributed by atoms with E-state index in [0.717, 1.165) is 0 Å². The number of ether oxygens (including phenoxy) is 1. The highest BCUT2D eigenvalue weighted by Gasteiger charge is 2.62. The molecule has 66 valence electrons. The standard InChI is InChI=1S/C4H5F4NO2/c1-11-4(7,8)3(5,6)2(9)10/h1H3,(H2,9,10). The lowest BCUT2D eigenvalue weighted by Crippen LogP contribution is -2.51. The fourth-order valence-electron chi connectivity index (χ4n) is 0.272. The van der Waals surface area contributed by atoms with E-state index in [1.54, 1.807) is 0 Å². The minimum atomic E-state index is -4.97. The molecule has 0 aromatic rings.